The summed E-state index contributed by atoms with van der Waals surface area (Å²) in [5.41, 5.74) is 0.892. The van der Waals surface area contributed by atoms with Crippen LogP contribution in [-0.4, -0.2) is 29.4 Å². The molecule has 0 saturated carbocycles. The van der Waals surface area contributed by atoms with Gasteiger partial charge in [0.2, 0.25) is 5.12 Å². The van der Waals surface area contributed by atoms with Gasteiger partial charge < -0.3 is 14.6 Å². The zero-order valence-electron chi connectivity index (χ0n) is 15.4. The first kappa shape index (κ1) is 21.3. The zero-order chi connectivity index (χ0) is 20.2. The average molecular weight is 398 g/mol. The Balaban J connectivity index is 1.70. The van der Waals surface area contributed by atoms with Crippen molar-refractivity contribution in [1.29, 1.82) is 0 Å². The van der Waals surface area contributed by atoms with Crippen LogP contribution in [0, 0.1) is 0 Å². The number of carbonyl (C=O) groups excluding carboxylic acids is 2. The van der Waals surface area contributed by atoms with E-state index < -0.39 is 5.97 Å². The maximum atomic E-state index is 12.0. The second-order valence-corrected chi connectivity index (χ2v) is 6.82. The van der Waals surface area contributed by atoms with Gasteiger partial charge in [0.15, 0.2) is 0 Å². The van der Waals surface area contributed by atoms with Crippen molar-refractivity contribution in [2.24, 2.45) is 0 Å². The van der Waals surface area contributed by atoms with Crippen molar-refractivity contribution < 1.29 is 24.2 Å². The molecular formula is C22H22O5S. The molecule has 0 atom stereocenters. The summed E-state index contributed by atoms with van der Waals surface area (Å²) in [6, 6.07) is 13.9. The molecule has 0 aromatic heterocycles. The van der Waals surface area contributed by atoms with Gasteiger partial charge in [-0.15, -0.1) is 0 Å². The standard InChI is InChI=1S/C22H22O5S/c1-2-21(24)27-16-4-3-15-26-19-10-5-17(6-11-19)7-14-22(25)28-20-12-8-18(23)9-13-20/h2,5-14,23H,1,3-4,15-16H2. The molecule has 0 aliphatic heterocycles. The minimum absolute atomic E-state index is 0.0943. The van der Waals surface area contributed by atoms with Gasteiger partial charge in [0.25, 0.3) is 0 Å². The molecule has 1 N–H and O–H groups in total. The third kappa shape index (κ3) is 8.14. The third-order valence-electron chi connectivity index (χ3n) is 3.57. The largest absolute Gasteiger partial charge is 0.508 e. The van der Waals surface area contributed by atoms with Crippen molar-refractivity contribution in [2.75, 3.05) is 13.2 Å². The topological polar surface area (TPSA) is 72.8 Å². The summed E-state index contributed by atoms with van der Waals surface area (Å²) < 4.78 is 10.5. The first-order valence-corrected chi connectivity index (χ1v) is 9.59. The molecule has 5 nitrogen and oxygen atoms in total. The van der Waals surface area contributed by atoms with E-state index in [0.717, 1.165) is 46.9 Å². The monoisotopic (exact) mass is 398 g/mol. The van der Waals surface area contributed by atoms with Gasteiger partial charge in [-0.05, 0) is 72.6 Å². The van der Waals surface area contributed by atoms with Gasteiger partial charge in [0.1, 0.15) is 11.5 Å². The van der Waals surface area contributed by atoms with E-state index in [-0.39, 0.29) is 10.9 Å². The highest BCUT2D eigenvalue weighted by molar-refractivity contribution is 8.14. The van der Waals surface area contributed by atoms with Crippen LogP contribution in [0.2, 0.25) is 0 Å². The summed E-state index contributed by atoms with van der Waals surface area (Å²) in [7, 11) is 0. The minimum Gasteiger partial charge on any atom is -0.508 e. The second kappa shape index (κ2) is 11.7. The molecule has 0 aliphatic carbocycles. The lowest BCUT2D eigenvalue weighted by Crippen LogP contribution is -2.04. The number of aromatic hydroxyl groups is 1. The highest BCUT2D eigenvalue weighted by Crippen LogP contribution is 2.22. The first-order valence-electron chi connectivity index (χ1n) is 8.78. The fourth-order valence-electron chi connectivity index (χ4n) is 2.13. The molecule has 0 heterocycles. The Morgan fingerprint density at radius 3 is 2.36 bits per heavy atom. The lowest BCUT2D eigenvalue weighted by Gasteiger charge is -2.06. The van der Waals surface area contributed by atoms with Gasteiger partial charge in [-0.2, -0.15) is 0 Å². The fraction of sp³-hybridized carbons (Fsp3) is 0.182. The third-order valence-corrected chi connectivity index (χ3v) is 4.41. The SMILES string of the molecule is C=CC(=O)OCCCCOc1ccc(C=CC(=O)Sc2ccc(O)cc2)cc1. The average Bonchev–Trinajstić information content (AvgIpc) is 2.71. The smallest absolute Gasteiger partial charge is 0.330 e. The van der Waals surface area contributed by atoms with E-state index >= 15 is 0 Å². The lowest BCUT2D eigenvalue weighted by molar-refractivity contribution is -0.137. The van der Waals surface area contributed by atoms with Crippen molar-refractivity contribution in [2.45, 2.75) is 17.7 Å². The predicted molar refractivity (Wildman–Crippen MR) is 110 cm³/mol. The number of ether oxygens (including phenoxy) is 2. The van der Waals surface area contributed by atoms with Gasteiger partial charge >= 0.3 is 5.97 Å². The minimum atomic E-state index is -0.412. The number of esters is 1. The number of unbranched alkanes of at least 4 members (excludes halogenated alkanes) is 1. The molecule has 0 radical (unpaired) electrons. The van der Waals surface area contributed by atoms with Gasteiger partial charge in [0.05, 0.1) is 13.2 Å². The van der Waals surface area contributed by atoms with E-state index in [0.29, 0.717) is 13.2 Å². The Kier molecular flexibility index (Phi) is 8.88. The maximum Gasteiger partial charge on any atom is 0.330 e. The zero-order valence-corrected chi connectivity index (χ0v) is 16.2. The molecule has 2 aromatic rings. The second-order valence-electron chi connectivity index (χ2n) is 5.74. The van der Waals surface area contributed by atoms with E-state index in [1.807, 2.05) is 24.3 Å². The van der Waals surface area contributed by atoms with Crippen LogP contribution in [-0.2, 0) is 14.3 Å². The van der Waals surface area contributed by atoms with Crippen LogP contribution in [0.4, 0.5) is 0 Å². The van der Waals surface area contributed by atoms with Crippen LogP contribution in [0.25, 0.3) is 6.08 Å². The molecule has 0 unspecified atom stereocenters. The number of hydrogen-bond acceptors (Lipinski definition) is 6. The van der Waals surface area contributed by atoms with Crippen molar-refractivity contribution >= 4 is 28.9 Å². The van der Waals surface area contributed by atoms with Crippen molar-refractivity contribution in [3.8, 4) is 11.5 Å². The van der Waals surface area contributed by atoms with E-state index in [4.69, 9.17) is 9.47 Å². The summed E-state index contributed by atoms with van der Waals surface area (Å²) >= 11 is 1.10. The number of rotatable bonds is 10. The van der Waals surface area contributed by atoms with E-state index in [1.54, 1.807) is 30.3 Å². The molecular weight excluding hydrogens is 376 g/mol. The Bertz CT molecular complexity index is 810. The number of phenolic OH excluding ortho intramolecular Hbond substituents is 1. The Labute approximate surface area is 168 Å². The van der Waals surface area contributed by atoms with Gasteiger partial charge in [-0.3, -0.25) is 4.79 Å². The number of hydrogen-bond donors (Lipinski definition) is 1. The summed E-state index contributed by atoms with van der Waals surface area (Å²) in [5.74, 6) is 0.500. The molecule has 0 amide bonds. The molecule has 0 spiro atoms. The summed E-state index contributed by atoms with van der Waals surface area (Å²) in [6.07, 6.45) is 5.90. The van der Waals surface area contributed by atoms with Crippen LogP contribution in [0.5, 0.6) is 11.5 Å². The Morgan fingerprint density at radius 1 is 1.00 bits per heavy atom. The molecule has 0 aliphatic rings. The molecule has 2 rings (SSSR count). The predicted octanol–water partition coefficient (Wildman–Crippen LogP) is 4.61. The Morgan fingerprint density at radius 2 is 1.68 bits per heavy atom. The van der Waals surface area contributed by atoms with Gasteiger partial charge in [-0.25, -0.2) is 4.79 Å². The molecule has 0 bridgehead atoms. The normalized spacial score (nSPS) is 10.6. The van der Waals surface area contributed by atoms with Crippen LogP contribution < -0.4 is 4.74 Å². The molecule has 0 saturated heterocycles. The van der Waals surface area contributed by atoms with Crippen LogP contribution in [0.3, 0.4) is 0 Å². The summed E-state index contributed by atoms with van der Waals surface area (Å²) in [4.78, 5) is 23.6. The molecule has 6 heteroatoms. The van der Waals surface area contributed by atoms with Crippen LogP contribution >= 0.6 is 11.8 Å². The van der Waals surface area contributed by atoms with Crippen molar-refractivity contribution in [3.63, 3.8) is 0 Å². The number of carbonyl (C=O) groups is 2. The summed E-state index contributed by atoms with van der Waals surface area (Å²) in [5, 5.41) is 9.15. The highest BCUT2D eigenvalue weighted by atomic mass is 32.2. The first-order chi connectivity index (χ1) is 13.6. The van der Waals surface area contributed by atoms with Crippen LogP contribution in [0.1, 0.15) is 18.4 Å². The van der Waals surface area contributed by atoms with Crippen molar-refractivity contribution in [1.82, 2.24) is 0 Å². The number of thioether (sulfide) groups is 1. The van der Waals surface area contributed by atoms with Gasteiger partial charge in [-0.1, -0.05) is 24.8 Å². The maximum absolute atomic E-state index is 12.0. The number of benzene rings is 2. The highest BCUT2D eigenvalue weighted by Gasteiger charge is 2.01. The van der Waals surface area contributed by atoms with Crippen LogP contribution in [0.15, 0.2) is 72.2 Å². The number of phenols is 1. The molecule has 146 valence electrons. The van der Waals surface area contributed by atoms with E-state index in [1.165, 1.54) is 6.08 Å². The van der Waals surface area contributed by atoms with E-state index in [2.05, 4.69) is 6.58 Å². The molecule has 2 aromatic carbocycles. The van der Waals surface area contributed by atoms with Crippen molar-refractivity contribution in [3.05, 3.63) is 72.8 Å². The molecule has 28 heavy (non-hydrogen) atoms. The van der Waals surface area contributed by atoms with Gasteiger partial charge in [0, 0.05) is 11.0 Å². The Hall–Kier alpha value is -2.99. The lowest BCUT2D eigenvalue weighted by atomic mass is 10.2. The molecule has 0 fully saturated rings. The quantitative estimate of drug-likeness (QED) is 0.273. The summed E-state index contributed by atoms with van der Waals surface area (Å²) in [6.45, 7) is 4.22. The fourth-order valence-corrected chi connectivity index (χ4v) is 2.77. The van der Waals surface area contributed by atoms with E-state index in [9.17, 15) is 14.7 Å².